The zero-order chi connectivity index (χ0) is 13.0. The van der Waals surface area contributed by atoms with E-state index in [1.165, 1.54) is 0 Å². The standard InChI is InChI=1S/C13H25N3O2/c1-10-2-3-12(18-10)13(17)15-11-4-7-16(8-5-11)9-6-14/h10-12H,2-9,14H2,1H3,(H,15,17). The molecule has 2 fully saturated rings. The lowest BCUT2D eigenvalue weighted by Gasteiger charge is -2.32. The van der Waals surface area contributed by atoms with Crippen LogP contribution in [0.1, 0.15) is 32.6 Å². The molecule has 2 unspecified atom stereocenters. The van der Waals surface area contributed by atoms with E-state index >= 15 is 0 Å². The molecule has 5 nitrogen and oxygen atoms in total. The van der Waals surface area contributed by atoms with Gasteiger partial charge in [0.15, 0.2) is 0 Å². The van der Waals surface area contributed by atoms with Crippen LogP contribution in [0.4, 0.5) is 0 Å². The summed E-state index contributed by atoms with van der Waals surface area (Å²) in [5.74, 6) is 0.0802. The minimum Gasteiger partial charge on any atom is -0.365 e. The fraction of sp³-hybridized carbons (Fsp3) is 0.923. The number of nitrogens with zero attached hydrogens (tertiary/aromatic N) is 1. The molecule has 0 spiro atoms. The molecule has 104 valence electrons. The molecule has 1 amide bonds. The van der Waals surface area contributed by atoms with Crippen molar-refractivity contribution in [3.05, 3.63) is 0 Å². The second kappa shape index (κ2) is 6.50. The van der Waals surface area contributed by atoms with Crippen molar-refractivity contribution in [3.63, 3.8) is 0 Å². The highest BCUT2D eigenvalue weighted by molar-refractivity contribution is 5.81. The highest BCUT2D eigenvalue weighted by Gasteiger charge is 2.30. The van der Waals surface area contributed by atoms with Crippen LogP contribution in [0.2, 0.25) is 0 Å². The number of nitrogens with one attached hydrogen (secondary N) is 1. The Hall–Kier alpha value is -0.650. The number of carbonyl (C=O) groups is 1. The van der Waals surface area contributed by atoms with Gasteiger partial charge in [-0.1, -0.05) is 0 Å². The van der Waals surface area contributed by atoms with Gasteiger partial charge >= 0.3 is 0 Å². The second-order valence-corrected chi connectivity index (χ2v) is 5.43. The van der Waals surface area contributed by atoms with Crippen molar-refractivity contribution in [2.45, 2.75) is 50.9 Å². The van der Waals surface area contributed by atoms with Crippen LogP contribution in [-0.4, -0.2) is 55.2 Å². The van der Waals surface area contributed by atoms with Crippen LogP contribution in [0.5, 0.6) is 0 Å². The zero-order valence-electron chi connectivity index (χ0n) is 11.2. The Balaban J connectivity index is 1.69. The molecule has 0 saturated carbocycles. The van der Waals surface area contributed by atoms with E-state index in [2.05, 4.69) is 10.2 Å². The van der Waals surface area contributed by atoms with E-state index in [9.17, 15) is 4.79 Å². The van der Waals surface area contributed by atoms with E-state index < -0.39 is 0 Å². The molecular formula is C13H25N3O2. The molecule has 3 N–H and O–H groups in total. The number of hydrogen-bond acceptors (Lipinski definition) is 4. The summed E-state index contributed by atoms with van der Waals surface area (Å²) >= 11 is 0. The molecule has 0 aliphatic carbocycles. The van der Waals surface area contributed by atoms with Crippen LogP contribution in [0.25, 0.3) is 0 Å². The van der Waals surface area contributed by atoms with E-state index in [0.29, 0.717) is 12.6 Å². The Morgan fingerprint density at radius 2 is 2.06 bits per heavy atom. The Morgan fingerprint density at radius 3 is 2.61 bits per heavy atom. The van der Waals surface area contributed by atoms with Crippen molar-refractivity contribution in [3.8, 4) is 0 Å². The van der Waals surface area contributed by atoms with Gasteiger partial charge in [-0.3, -0.25) is 4.79 Å². The second-order valence-electron chi connectivity index (χ2n) is 5.43. The first-order valence-corrected chi connectivity index (χ1v) is 7.07. The van der Waals surface area contributed by atoms with Gasteiger partial charge in [-0.05, 0) is 32.6 Å². The van der Waals surface area contributed by atoms with Crippen LogP contribution in [0.3, 0.4) is 0 Å². The molecule has 0 aromatic carbocycles. The van der Waals surface area contributed by atoms with E-state index in [1.54, 1.807) is 0 Å². The third-order valence-corrected chi connectivity index (χ3v) is 3.90. The number of hydrogen-bond donors (Lipinski definition) is 2. The van der Waals surface area contributed by atoms with Gasteiger partial charge in [0.25, 0.3) is 0 Å². The molecule has 0 aromatic rings. The van der Waals surface area contributed by atoms with E-state index in [1.807, 2.05) is 6.92 Å². The van der Waals surface area contributed by atoms with Gasteiger partial charge in [0, 0.05) is 32.2 Å². The van der Waals surface area contributed by atoms with Crippen molar-refractivity contribution in [1.29, 1.82) is 0 Å². The fourth-order valence-electron chi connectivity index (χ4n) is 2.77. The van der Waals surface area contributed by atoms with E-state index in [4.69, 9.17) is 10.5 Å². The molecule has 2 heterocycles. The molecule has 2 atom stereocenters. The van der Waals surface area contributed by atoms with E-state index in [-0.39, 0.29) is 18.1 Å². The maximum absolute atomic E-state index is 12.0. The number of nitrogens with two attached hydrogens (primary N) is 1. The van der Waals surface area contributed by atoms with Crippen LogP contribution in [0, 0.1) is 0 Å². The molecule has 18 heavy (non-hydrogen) atoms. The van der Waals surface area contributed by atoms with Gasteiger partial charge < -0.3 is 20.7 Å². The minimum atomic E-state index is -0.220. The first kappa shape index (κ1) is 13.8. The lowest BCUT2D eigenvalue weighted by molar-refractivity contribution is -0.132. The Morgan fingerprint density at radius 1 is 1.33 bits per heavy atom. The fourth-order valence-corrected chi connectivity index (χ4v) is 2.77. The average molecular weight is 255 g/mol. The summed E-state index contributed by atoms with van der Waals surface area (Å²) in [4.78, 5) is 14.4. The lowest BCUT2D eigenvalue weighted by atomic mass is 10.0. The molecule has 2 saturated heterocycles. The quantitative estimate of drug-likeness (QED) is 0.747. The number of carbonyl (C=O) groups excluding carboxylic acids is 1. The summed E-state index contributed by atoms with van der Waals surface area (Å²) in [6, 6.07) is 0.311. The number of likely N-dealkylation sites (tertiary alicyclic amines) is 1. The largest absolute Gasteiger partial charge is 0.365 e. The molecule has 2 aliphatic rings. The summed E-state index contributed by atoms with van der Waals surface area (Å²) in [6.45, 7) is 5.77. The Kier molecular flexibility index (Phi) is 4.97. The monoisotopic (exact) mass is 255 g/mol. The topological polar surface area (TPSA) is 67.6 Å². The number of piperidine rings is 1. The number of rotatable bonds is 4. The predicted molar refractivity (Wildman–Crippen MR) is 70.2 cm³/mol. The van der Waals surface area contributed by atoms with Crippen molar-refractivity contribution in [1.82, 2.24) is 10.2 Å². The van der Waals surface area contributed by atoms with Gasteiger partial charge in [0.2, 0.25) is 5.91 Å². The summed E-state index contributed by atoms with van der Waals surface area (Å²) < 4.78 is 5.59. The van der Waals surface area contributed by atoms with Crippen molar-refractivity contribution < 1.29 is 9.53 Å². The van der Waals surface area contributed by atoms with Crippen LogP contribution in [-0.2, 0) is 9.53 Å². The maximum Gasteiger partial charge on any atom is 0.249 e. The molecule has 2 rings (SSSR count). The van der Waals surface area contributed by atoms with Crippen molar-refractivity contribution in [2.75, 3.05) is 26.2 Å². The summed E-state index contributed by atoms with van der Waals surface area (Å²) in [5.41, 5.74) is 5.54. The van der Waals surface area contributed by atoms with Gasteiger partial charge in [-0.2, -0.15) is 0 Å². The van der Waals surface area contributed by atoms with Gasteiger partial charge in [0.1, 0.15) is 6.10 Å². The Bertz CT molecular complexity index is 277. The van der Waals surface area contributed by atoms with Gasteiger partial charge in [0.05, 0.1) is 6.10 Å². The molecular weight excluding hydrogens is 230 g/mol. The predicted octanol–water partition coefficient (Wildman–Crippen LogP) is 0.0932. The van der Waals surface area contributed by atoms with Crippen molar-refractivity contribution in [2.24, 2.45) is 5.73 Å². The van der Waals surface area contributed by atoms with Gasteiger partial charge in [-0.25, -0.2) is 0 Å². The maximum atomic E-state index is 12.0. The summed E-state index contributed by atoms with van der Waals surface area (Å²) in [6.07, 6.45) is 3.91. The zero-order valence-corrected chi connectivity index (χ0v) is 11.2. The molecule has 0 radical (unpaired) electrons. The van der Waals surface area contributed by atoms with Crippen LogP contribution < -0.4 is 11.1 Å². The highest BCUT2D eigenvalue weighted by atomic mass is 16.5. The number of amides is 1. The third kappa shape index (κ3) is 3.67. The molecule has 2 aliphatic heterocycles. The van der Waals surface area contributed by atoms with Gasteiger partial charge in [-0.15, -0.1) is 0 Å². The first-order valence-electron chi connectivity index (χ1n) is 7.07. The molecule has 0 bridgehead atoms. The van der Waals surface area contributed by atoms with Crippen LogP contribution in [0.15, 0.2) is 0 Å². The summed E-state index contributed by atoms with van der Waals surface area (Å²) in [7, 11) is 0. The van der Waals surface area contributed by atoms with E-state index in [0.717, 1.165) is 45.3 Å². The highest BCUT2D eigenvalue weighted by Crippen LogP contribution is 2.19. The SMILES string of the molecule is CC1CCC(C(=O)NC2CCN(CCN)CC2)O1. The molecule has 0 aromatic heterocycles. The summed E-state index contributed by atoms with van der Waals surface area (Å²) in [5, 5.41) is 3.12. The lowest BCUT2D eigenvalue weighted by Crippen LogP contribution is -2.48. The Labute approximate surface area is 109 Å². The van der Waals surface area contributed by atoms with Crippen molar-refractivity contribution >= 4 is 5.91 Å². The normalized spacial score (nSPS) is 30.6. The molecule has 5 heteroatoms. The van der Waals surface area contributed by atoms with Crippen LogP contribution >= 0.6 is 0 Å². The third-order valence-electron chi connectivity index (χ3n) is 3.90. The number of ether oxygens (including phenoxy) is 1. The average Bonchev–Trinajstić information content (AvgIpc) is 2.79. The minimum absolute atomic E-state index is 0.0802. The first-order chi connectivity index (χ1) is 8.69. The smallest absolute Gasteiger partial charge is 0.249 e.